The van der Waals surface area contributed by atoms with Crippen LogP contribution in [0.15, 0.2) is 24.3 Å². The Balaban J connectivity index is 2.51. The van der Waals surface area contributed by atoms with Crippen LogP contribution in [-0.2, 0) is 11.2 Å². The third-order valence-electron chi connectivity index (χ3n) is 2.67. The highest BCUT2D eigenvalue weighted by molar-refractivity contribution is 5.33. The Bertz CT molecular complexity index is 315. The van der Waals surface area contributed by atoms with E-state index >= 15 is 0 Å². The fraction of sp³-hybridized carbons (Fsp3) is 0.571. The summed E-state index contributed by atoms with van der Waals surface area (Å²) in [6, 6.07) is 8.27. The van der Waals surface area contributed by atoms with E-state index in [4.69, 9.17) is 15.2 Å². The minimum absolute atomic E-state index is 0.201. The van der Waals surface area contributed by atoms with E-state index in [0.29, 0.717) is 13.2 Å². The molecule has 2 N–H and O–H groups in total. The SMILES string of the molecule is CCOCCOc1ccccc1CC(N)CC. The van der Waals surface area contributed by atoms with Gasteiger partial charge in [0.15, 0.2) is 0 Å². The molecule has 0 saturated heterocycles. The van der Waals surface area contributed by atoms with E-state index in [1.54, 1.807) is 0 Å². The molecule has 17 heavy (non-hydrogen) atoms. The van der Waals surface area contributed by atoms with Crippen LogP contribution in [0.1, 0.15) is 25.8 Å². The minimum Gasteiger partial charge on any atom is -0.491 e. The lowest BCUT2D eigenvalue weighted by Gasteiger charge is -2.14. The summed E-state index contributed by atoms with van der Waals surface area (Å²) in [5.74, 6) is 0.927. The van der Waals surface area contributed by atoms with E-state index < -0.39 is 0 Å². The van der Waals surface area contributed by atoms with Crippen molar-refractivity contribution in [3.63, 3.8) is 0 Å². The summed E-state index contributed by atoms with van der Waals surface area (Å²) in [4.78, 5) is 0. The molecule has 0 fully saturated rings. The molecular weight excluding hydrogens is 214 g/mol. The van der Waals surface area contributed by atoms with E-state index in [2.05, 4.69) is 13.0 Å². The Morgan fingerprint density at radius 1 is 1.18 bits per heavy atom. The van der Waals surface area contributed by atoms with E-state index in [1.807, 2.05) is 25.1 Å². The monoisotopic (exact) mass is 237 g/mol. The molecule has 96 valence electrons. The topological polar surface area (TPSA) is 44.5 Å². The molecule has 1 aromatic rings. The van der Waals surface area contributed by atoms with Crippen LogP contribution in [0, 0.1) is 0 Å². The maximum atomic E-state index is 5.97. The Morgan fingerprint density at radius 2 is 1.94 bits per heavy atom. The first-order valence-corrected chi connectivity index (χ1v) is 6.32. The number of nitrogens with two attached hydrogens (primary N) is 1. The summed E-state index contributed by atoms with van der Waals surface area (Å²) in [6.07, 6.45) is 1.84. The standard InChI is InChI=1S/C14H23NO2/c1-3-13(15)11-12-7-5-6-8-14(12)17-10-9-16-4-2/h5-8,13H,3-4,9-11,15H2,1-2H3. The predicted molar refractivity (Wildman–Crippen MR) is 70.4 cm³/mol. The average Bonchev–Trinajstić information content (AvgIpc) is 2.36. The highest BCUT2D eigenvalue weighted by Crippen LogP contribution is 2.19. The van der Waals surface area contributed by atoms with E-state index in [-0.39, 0.29) is 6.04 Å². The van der Waals surface area contributed by atoms with Crippen molar-refractivity contribution >= 4 is 0 Å². The third-order valence-corrected chi connectivity index (χ3v) is 2.67. The van der Waals surface area contributed by atoms with Crippen molar-refractivity contribution in [2.24, 2.45) is 5.73 Å². The van der Waals surface area contributed by atoms with Gasteiger partial charge in [-0.25, -0.2) is 0 Å². The lowest BCUT2D eigenvalue weighted by atomic mass is 10.0. The van der Waals surface area contributed by atoms with Crippen LogP contribution in [0.4, 0.5) is 0 Å². The summed E-state index contributed by atoms with van der Waals surface area (Å²) < 4.78 is 11.0. The van der Waals surface area contributed by atoms with Gasteiger partial charge in [0.25, 0.3) is 0 Å². The van der Waals surface area contributed by atoms with Crippen LogP contribution in [-0.4, -0.2) is 25.9 Å². The minimum atomic E-state index is 0.201. The molecule has 0 radical (unpaired) electrons. The van der Waals surface area contributed by atoms with Crippen molar-refractivity contribution in [3.05, 3.63) is 29.8 Å². The molecule has 0 bridgehead atoms. The molecule has 1 rings (SSSR count). The van der Waals surface area contributed by atoms with Gasteiger partial charge >= 0.3 is 0 Å². The number of rotatable bonds is 8. The van der Waals surface area contributed by atoms with Gasteiger partial charge in [-0.05, 0) is 31.4 Å². The van der Waals surface area contributed by atoms with E-state index in [0.717, 1.165) is 25.2 Å². The van der Waals surface area contributed by atoms with Gasteiger partial charge < -0.3 is 15.2 Å². The van der Waals surface area contributed by atoms with Crippen molar-refractivity contribution in [1.82, 2.24) is 0 Å². The normalized spacial score (nSPS) is 12.4. The fourth-order valence-electron chi connectivity index (χ4n) is 1.59. The zero-order valence-corrected chi connectivity index (χ0v) is 10.8. The summed E-state index contributed by atoms with van der Waals surface area (Å²) in [6.45, 7) is 6.03. The van der Waals surface area contributed by atoms with Gasteiger partial charge in [-0.3, -0.25) is 0 Å². The lowest BCUT2D eigenvalue weighted by molar-refractivity contribution is 0.110. The highest BCUT2D eigenvalue weighted by atomic mass is 16.5. The molecule has 0 saturated carbocycles. The van der Waals surface area contributed by atoms with Gasteiger partial charge in [0.05, 0.1) is 6.61 Å². The molecule has 3 nitrogen and oxygen atoms in total. The third kappa shape index (κ3) is 5.20. The molecule has 3 heteroatoms. The van der Waals surface area contributed by atoms with E-state index in [9.17, 15) is 0 Å². The molecule has 1 atom stereocenters. The first kappa shape index (κ1) is 14.0. The zero-order valence-electron chi connectivity index (χ0n) is 10.8. The van der Waals surface area contributed by atoms with Crippen molar-refractivity contribution in [1.29, 1.82) is 0 Å². The summed E-state index contributed by atoms with van der Waals surface area (Å²) in [5, 5.41) is 0. The average molecular weight is 237 g/mol. The highest BCUT2D eigenvalue weighted by Gasteiger charge is 2.07. The molecule has 0 aliphatic heterocycles. The van der Waals surface area contributed by atoms with Gasteiger partial charge in [-0.1, -0.05) is 25.1 Å². The summed E-state index contributed by atoms with van der Waals surface area (Å²) >= 11 is 0. The number of benzene rings is 1. The lowest BCUT2D eigenvalue weighted by Crippen LogP contribution is -2.21. The second kappa shape index (κ2) is 8.09. The summed E-state index contributed by atoms with van der Waals surface area (Å²) in [5.41, 5.74) is 7.15. The molecule has 1 aromatic carbocycles. The molecule has 0 amide bonds. The van der Waals surface area contributed by atoms with Gasteiger partial charge in [0, 0.05) is 12.6 Å². The van der Waals surface area contributed by atoms with Gasteiger partial charge in [0.2, 0.25) is 0 Å². The number of hydrogen-bond acceptors (Lipinski definition) is 3. The van der Waals surface area contributed by atoms with Crippen LogP contribution in [0.3, 0.4) is 0 Å². The second-order valence-electron chi connectivity index (χ2n) is 4.03. The first-order valence-electron chi connectivity index (χ1n) is 6.32. The van der Waals surface area contributed by atoms with Crippen molar-refractivity contribution in [2.75, 3.05) is 19.8 Å². The number of ether oxygens (including phenoxy) is 2. The Morgan fingerprint density at radius 3 is 2.65 bits per heavy atom. The molecule has 0 heterocycles. The first-order chi connectivity index (χ1) is 8.27. The maximum absolute atomic E-state index is 5.97. The quantitative estimate of drug-likeness (QED) is 0.706. The molecule has 0 spiro atoms. The number of para-hydroxylation sites is 1. The smallest absolute Gasteiger partial charge is 0.122 e. The number of hydrogen-bond donors (Lipinski definition) is 1. The van der Waals surface area contributed by atoms with Gasteiger partial charge in [-0.2, -0.15) is 0 Å². The van der Waals surface area contributed by atoms with Crippen LogP contribution in [0.25, 0.3) is 0 Å². The van der Waals surface area contributed by atoms with Crippen LogP contribution in [0.2, 0.25) is 0 Å². The van der Waals surface area contributed by atoms with Crippen molar-refractivity contribution in [3.8, 4) is 5.75 Å². The van der Waals surface area contributed by atoms with E-state index in [1.165, 1.54) is 5.56 Å². The van der Waals surface area contributed by atoms with Crippen LogP contribution < -0.4 is 10.5 Å². The molecular formula is C14H23NO2. The van der Waals surface area contributed by atoms with Crippen molar-refractivity contribution in [2.45, 2.75) is 32.7 Å². The zero-order chi connectivity index (χ0) is 12.5. The van der Waals surface area contributed by atoms with Crippen molar-refractivity contribution < 1.29 is 9.47 Å². The Hall–Kier alpha value is -1.06. The largest absolute Gasteiger partial charge is 0.491 e. The summed E-state index contributed by atoms with van der Waals surface area (Å²) in [7, 11) is 0. The Kier molecular flexibility index (Phi) is 6.67. The maximum Gasteiger partial charge on any atom is 0.122 e. The van der Waals surface area contributed by atoms with Gasteiger partial charge in [0.1, 0.15) is 12.4 Å². The predicted octanol–water partition coefficient (Wildman–Crippen LogP) is 2.38. The van der Waals surface area contributed by atoms with Crippen LogP contribution in [0.5, 0.6) is 5.75 Å². The fourth-order valence-corrected chi connectivity index (χ4v) is 1.59. The molecule has 0 aliphatic carbocycles. The molecule has 1 unspecified atom stereocenters. The van der Waals surface area contributed by atoms with Crippen LogP contribution >= 0.6 is 0 Å². The second-order valence-corrected chi connectivity index (χ2v) is 4.03. The molecule has 0 aliphatic rings. The van der Waals surface area contributed by atoms with Gasteiger partial charge in [-0.15, -0.1) is 0 Å². The molecule has 0 aromatic heterocycles. The Labute approximate surface area is 104 Å².